The molecule has 23 heavy (non-hydrogen) atoms. The molecule has 0 N–H and O–H groups in total. The second kappa shape index (κ2) is 9.82. The number of nitro groups is 1. The summed E-state index contributed by atoms with van der Waals surface area (Å²) < 4.78 is 5.00. The van der Waals surface area contributed by atoms with Crippen LogP contribution in [-0.2, 0) is 4.74 Å². The zero-order chi connectivity index (χ0) is 17.2. The molecule has 0 aliphatic heterocycles. The van der Waals surface area contributed by atoms with Crippen molar-refractivity contribution in [2.45, 2.75) is 46.5 Å². The van der Waals surface area contributed by atoms with Gasteiger partial charge in [0.2, 0.25) is 0 Å². The van der Waals surface area contributed by atoms with E-state index >= 15 is 0 Å². The fourth-order valence-corrected chi connectivity index (χ4v) is 2.32. The van der Waals surface area contributed by atoms with E-state index in [1.165, 1.54) is 12.1 Å². The lowest BCUT2D eigenvalue weighted by atomic mass is 10.1. The molecule has 6 nitrogen and oxygen atoms in total. The Morgan fingerprint density at radius 3 is 2.26 bits per heavy atom. The quantitative estimate of drug-likeness (QED) is 0.367. The highest BCUT2D eigenvalue weighted by Gasteiger charge is 2.21. The maximum absolute atomic E-state index is 11.9. The van der Waals surface area contributed by atoms with Gasteiger partial charge < -0.3 is 9.64 Å². The highest BCUT2D eigenvalue weighted by molar-refractivity contribution is 5.91. The van der Waals surface area contributed by atoms with E-state index in [9.17, 15) is 14.9 Å². The highest BCUT2D eigenvalue weighted by atomic mass is 16.6. The molecule has 1 rings (SSSR count). The number of ether oxygens (including phenoxy) is 1. The Balaban J connectivity index is 3.20. The summed E-state index contributed by atoms with van der Waals surface area (Å²) in [5.74, 6) is -0.449. The third kappa shape index (κ3) is 5.54. The first kappa shape index (κ1) is 18.9. The Kier molecular flexibility index (Phi) is 8.08. The zero-order valence-corrected chi connectivity index (χ0v) is 14.2. The second-order valence-corrected chi connectivity index (χ2v) is 5.38. The van der Waals surface area contributed by atoms with Gasteiger partial charge in [-0.1, -0.05) is 26.7 Å². The van der Waals surface area contributed by atoms with Crippen LogP contribution in [0.5, 0.6) is 0 Å². The normalized spacial score (nSPS) is 10.4. The van der Waals surface area contributed by atoms with Crippen LogP contribution in [-0.4, -0.2) is 30.6 Å². The first-order chi connectivity index (χ1) is 11.0. The summed E-state index contributed by atoms with van der Waals surface area (Å²) in [7, 11) is 0. The van der Waals surface area contributed by atoms with Crippen molar-refractivity contribution in [3.05, 3.63) is 33.9 Å². The Morgan fingerprint density at radius 2 is 1.78 bits per heavy atom. The molecule has 0 aromatic heterocycles. The molecule has 0 amide bonds. The van der Waals surface area contributed by atoms with Gasteiger partial charge in [-0.3, -0.25) is 10.1 Å². The average Bonchev–Trinajstić information content (AvgIpc) is 2.54. The third-order valence-electron chi connectivity index (χ3n) is 3.59. The predicted molar refractivity (Wildman–Crippen MR) is 91.1 cm³/mol. The van der Waals surface area contributed by atoms with Gasteiger partial charge >= 0.3 is 5.97 Å². The number of anilines is 1. The van der Waals surface area contributed by atoms with Crippen molar-refractivity contribution < 1.29 is 14.5 Å². The lowest BCUT2D eigenvalue weighted by Gasteiger charge is -2.24. The highest BCUT2D eigenvalue weighted by Crippen LogP contribution is 2.30. The monoisotopic (exact) mass is 322 g/mol. The Bertz CT molecular complexity index is 523. The number of esters is 1. The Labute approximate surface area is 137 Å². The van der Waals surface area contributed by atoms with Crippen LogP contribution >= 0.6 is 0 Å². The van der Waals surface area contributed by atoms with E-state index in [0.29, 0.717) is 11.3 Å². The van der Waals surface area contributed by atoms with Crippen LogP contribution in [0, 0.1) is 10.1 Å². The minimum Gasteiger partial charge on any atom is -0.462 e. The number of unbranched alkanes of at least 4 members (excludes halogenated alkanes) is 2. The number of benzene rings is 1. The van der Waals surface area contributed by atoms with Crippen molar-refractivity contribution in [3.63, 3.8) is 0 Å². The van der Waals surface area contributed by atoms with Gasteiger partial charge in [0.1, 0.15) is 5.69 Å². The van der Waals surface area contributed by atoms with E-state index in [-0.39, 0.29) is 12.3 Å². The Hall–Kier alpha value is -2.11. The summed E-state index contributed by atoms with van der Waals surface area (Å²) in [6.07, 6.45) is 3.91. The van der Waals surface area contributed by atoms with Crippen molar-refractivity contribution in [1.82, 2.24) is 0 Å². The fraction of sp³-hybridized carbons (Fsp3) is 0.588. The van der Waals surface area contributed by atoms with Gasteiger partial charge in [-0.2, -0.15) is 0 Å². The Morgan fingerprint density at radius 1 is 1.17 bits per heavy atom. The van der Waals surface area contributed by atoms with Crippen LogP contribution < -0.4 is 4.90 Å². The van der Waals surface area contributed by atoms with Crippen LogP contribution in [0.15, 0.2) is 18.2 Å². The molecule has 0 radical (unpaired) electrons. The maximum Gasteiger partial charge on any atom is 0.338 e. The molecule has 128 valence electrons. The van der Waals surface area contributed by atoms with Gasteiger partial charge in [0, 0.05) is 19.2 Å². The fourth-order valence-electron chi connectivity index (χ4n) is 2.32. The molecule has 0 saturated carbocycles. The largest absolute Gasteiger partial charge is 0.462 e. The van der Waals surface area contributed by atoms with Crippen LogP contribution in [0.2, 0.25) is 0 Å². The van der Waals surface area contributed by atoms with E-state index in [1.807, 2.05) is 4.90 Å². The smallest absolute Gasteiger partial charge is 0.338 e. The van der Waals surface area contributed by atoms with Gasteiger partial charge in [0.15, 0.2) is 0 Å². The standard InChI is InChI=1S/C17H26N2O4/c1-4-7-11-18(12-8-5-2)16-13-14(17(20)23-6-3)9-10-15(16)19(21)22/h9-10,13H,4-8,11-12H2,1-3H3. The summed E-state index contributed by atoms with van der Waals surface area (Å²) >= 11 is 0. The number of nitrogens with zero attached hydrogens (tertiary/aromatic N) is 2. The van der Waals surface area contributed by atoms with E-state index in [1.54, 1.807) is 13.0 Å². The van der Waals surface area contributed by atoms with Crippen molar-refractivity contribution in [1.29, 1.82) is 0 Å². The van der Waals surface area contributed by atoms with E-state index in [0.717, 1.165) is 38.8 Å². The minimum absolute atomic E-state index is 0.0326. The molecule has 1 aromatic rings. The average molecular weight is 322 g/mol. The molecule has 1 aromatic carbocycles. The SMILES string of the molecule is CCCCN(CCCC)c1cc(C(=O)OCC)ccc1[N+](=O)[O-]. The summed E-state index contributed by atoms with van der Waals surface area (Å²) in [6.45, 7) is 7.66. The van der Waals surface area contributed by atoms with Crippen LogP contribution in [0.25, 0.3) is 0 Å². The van der Waals surface area contributed by atoms with E-state index in [4.69, 9.17) is 4.74 Å². The van der Waals surface area contributed by atoms with Gasteiger partial charge in [-0.15, -0.1) is 0 Å². The zero-order valence-electron chi connectivity index (χ0n) is 14.2. The summed E-state index contributed by atoms with van der Waals surface area (Å²) in [4.78, 5) is 24.9. The van der Waals surface area contributed by atoms with E-state index < -0.39 is 10.9 Å². The molecule has 0 spiro atoms. The van der Waals surface area contributed by atoms with Crippen LogP contribution in [0.3, 0.4) is 0 Å². The second-order valence-electron chi connectivity index (χ2n) is 5.38. The lowest BCUT2D eigenvalue weighted by molar-refractivity contribution is -0.384. The number of hydrogen-bond acceptors (Lipinski definition) is 5. The number of rotatable bonds is 10. The molecular formula is C17H26N2O4. The number of nitro benzene ring substituents is 1. The van der Waals surface area contributed by atoms with Crippen LogP contribution in [0.4, 0.5) is 11.4 Å². The first-order valence-corrected chi connectivity index (χ1v) is 8.25. The predicted octanol–water partition coefficient (Wildman–Crippen LogP) is 4.18. The van der Waals surface area contributed by atoms with Crippen molar-refractivity contribution in [2.24, 2.45) is 0 Å². The molecule has 0 saturated heterocycles. The summed E-state index contributed by atoms with van der Waals surface area (Å²) in [5, 5.41) is 11.3. The molecule has 0 fully saturated rings. The maximum atomic E-state index is 11.9. The van der Waals surface area contributed by atoms with Crippen LogP contribution in [0.1, 0.15) is 56.8 Å². The van der Waals surface area contributed by atoms with Gasteiger partial charge in [0.25, 0.3) is 5.69 Å². The molecule has 6 heteroatoms. The van der Waals surface area contributed by atoms with Crippen molar-refractivity contribution in [2.75, 3.05) is 24.6 Å². The topological polar surface area (TPSA) is 72.7 Å². The molecule has 0 heterocycles. The number of hydrogen-bond donors (Lipinski definition) is 0. The minimum atomic E-state index is -0.449. The first-order valence-electron chi connectivity index (χ1n) is 8.25. The molecule has 0 unspecified atom stereocenters. The summed E-state index contributed by atoms with van der Waals surface area (Å²) in [5.41, 5.74) is 0.887. The third-order valence-corrected chi connectivity index (χ3v) is 3.59. The molecule has 0 aliphatic rings. The number of carbonyl (C=O) groups excluding carboxylic acids is 1. The van der Waals surface area contributed by atoms with Crippen molar-refractivity contribution in [3.8, 4) is 0 Å². The van der Waals surface area contributed by atoms with Gasteiger partial charge in [0.05, 0.1) is 17.1 Å². The molecule has 0 bridgehead atoms. The van der Waals surface area contributed by atoms with Gasteiger partial charge in [-0.25, -0.2) is 4.79 Å². The van der Waals surface area contributed by atoms with Gasteiger partial charge in [-0.05, 0) is 31.9 Å². The van der Waals surface area contributed by atoms with Crippen molar-refractivity contribution >= 4 is 17.3 Å². The molecule has 0 atom stereocenters. The molecular weight excluding hydrogens is 296 g/mol. The molecule has 0 aliphatic carbocycles. The van der Waals surface area contributed by atoms with E-state index in [2.05, 4.69) is 13.8 Å². The lowest BCUT2D eigenvalue weighted by Crippen LogP contribution is -2.26. The summed E-state index contributed by atoms with van der Waals surface area (Å²) in [6, 6.07) is 4.44. The number of carbonyl (C=O) groups is 1.